The van der Waals surface area contributed by atoms with Crippen molar-refractivity contribution in [1.82, 2.24) is 0 Å². The van der Waals surface area contributed by atoms with Gasteiger partial charge in [-0.1, -0.05) is 30.0 Å². The summed E-state index contributed by atoms with van der Waals surface area (Å²) in [5.74, 6) is 0. The van der Waals surface area contributed by atoms with E-state index in [9.17, 15) is 15.3 Å². The molecule has 1 aromatic rings. The van der Waals surface area contributed by atoms with Gasteiger partial charge in [0.2, 0.25) is 0 Å². The van der Waals surface area contributed by atoms with Gasteiger partial charge in [0, 0.05) is 4.90 Å². The highest BCUT2D eigenvalue weighted by atomic mass is 32.2. The molecule has 1 saturated heterocycles. The Morgan fingerprint density at radius 1 is 1.17 bits per heavy atom. The van der Waals surface area contributed by atoms with Crippen molar-refractivity contribution >= 4 is 11.8 Å². The van der Waals surface area contributed by atoms with Crippen LogP contribution in [-0.4, -0.2) is 56.9 Å². The molecule has 6 heteroatoms. The van der Waals surface area contributed by atoms with Gasteiger partial charge in [-0.2, -0.15) is 0 Å². The summed E-state index contributed by atoms with van der Waals surface area (Å²) in [6.07, 6.45) is -4.46. The molecule has 5 atom stereocenters. The lowest BCUT2D eigenvalue weighted by Crippen LogP contribution is -2.40. The van der Waals surface area contributed by atoms with Gasteiger partial charge in [-0.05, 0) is 12.1 Å². The highest BCUT2D eigenvalue weighted by molar-refractivity contribution is 7.99. The summed E-state index contributed by atoms with van der Waals surface area (Å²) in [5.41, 5.74) is -0.659. The Hall–Kier alpha value is -0.630. The number of hydrogen-bond donors (Lipinski definition) is 4. The fourth-order valence-electron chi connectivity index (χ4n) is 1.82. The maximum absolute atomic E-state index is 9.85. The van der Waals surface area contributed by atoms with Gasteiger partial charge in [-0.15, -0.1) is 0 Å². The number of benzene rings is 1. The maximum Gasteiger partial charge on any atom is 0.136 e. The second kappa shape index (κ2) is 6.01. The molecule has 5 nitrogen and oxygen atoms in total. The molecule has 100 valence electrons. The SMILES string of the molecule is OC[C@H](O)[C@H]1O[C@@H](Sc2ccccc2)[C@H](O)[C@H]1O. The number of hydrogen-bond acceptors (Lipinski definition) is 6. The molecular formula is C12H16O5S. The van der Waals surface area contributed by atoms with E-state index in [1.54, 1.807) is 0 Å². The molecule has 1 fully saturated rings. The van der Waals surface area contributed by atoms with Crippen LogP contribution in [-0.2, 0) is 4.74 Å². The molecule has 0 saturated carbocycles. The summed E-state index contributed by atoms with van der Waals surface area (Å²) >= 11 is 1.27. The Bertz CT molecular complexity index is 374. The van der Waals surface area contributed by atoms with Crippen LogP contribution in [0.5, 0.6) is 0 Å². The summed E-state index contributed by atoms with van der Waals surface area (Å²) in [6.45, 7) is -0.517. The molecule has 1 aliphatic rings. The summed E-state index contributed by atoms with van der Waals surface area (Å²) in [4.78, 5) is 0.896. The first kappa shape index (κ1) is 13.8. The van der Waals surface area contributed by atoms with Crippen LogP contribution in [0.15, 0.2) is 35.2 Å². The third-order valence-corrected chi connectivity index (χ3v) is 3.98. The zero-order valence-corrected chi connectivity index (χ0v) is 10.4. The molecule has 2 rings (SSSR count). The van der Waals surface area contributed by atoms with Crippen molar-refractivity contribution < 1.29 is 25.2 Å². The predicted octanol–water partition coefficient (Wildman–Crippen LogP) is -0.421. The maximum atomic E-state index is 9.85. The Morgan fingerprint density at radius 3 is 2.44 bits per heavy atom. The molecule has 0 aliphatic carbocycles. The van der Waals surface area contributed by atoms with Crippen LogP contribution in [0, 0.1) is 0 Å². The lowest BCUT2D eigenvalue weighted by Gasteiger charge is -2.18. The number of aliphatic hydroxyl groups is 4. The summed E-state index contributed by atoms with van der Waals surface area (Å²) < 4.78 is 5.40. The molecular weight excluding hydrogens is 256 g/mol. The van der Waals surface area contributed by atoms with Crippen LogP contribution in [0.1, 0.15) is 0 Å². The largest absolute Gasteiger partial charge is 0.394 e. The average Bonchev–Trinajstić information content (AvgIpc) is 2.67. The van der Waals surface area contributed by atoms with E-state index in [0.717, 1.165) is 4.90 Å². The van der Waals surface area contributed by atoms with Gasteiger partial charge in [0.15, 0.2) is 0 Å². The summed E-state index contributed by atoms with van der Waals surface area (Å²) in [5, 5.41) is 37.9. The van der Waals surface area contributed by atoms with E-state index in [1.807, 2.05) is 30.3 Å². The molecule has 0 bridgehead atoms. The molecule has 0 spiro atoms. The van der Waals surface area contributed by atoms with E-state index >= 15 is 0 Å². The quantitative estimate of drug-likeness (QED) is 0.595. The van der Waals surface area contributed by atoms with Crippen LogP contribution < -0.4 is 0 Å². The predicted molar refractivity (Wildman–Crippen MR) is 66.1 cm³/mol. The van der Waals surface area contributed by atoms with E-state index in [4.69, 9.17) is 9.84 Å². The molecule has 1 aromatic carbocycles. The Balaban J connectivity index is 2.03. The van der Waals surface area contributed by atoms with Gasteiger partial charge in [0.25, 0.3) is 0 Å². The van der Waals surface area contributed by atoms with Crippen LogP contribution in [0.4, 0.5) is 0 Å². The zero-order valence-electron chi connectivity index (χ0n) is 9.59. The molecule has 0 amide bonds. The topological polar surface area (TPSA) is 90.2 Å². The number of thioether (sulfide) groups is 1. The Morgan fingerprint density at radius 2 is 1.83 bits per heavy atom. The van der Waals surface area contributed by atoms with E-state index in [0.29, 0.717) is 0 Å². The normalized spacial score (nSPS) is 33.6. The highest BCUT2D eigenvalue weighted by Gasteiger charge is 2.46. The minimum atomic E-state index is -1.20. The average molecular weight is 272 g/mol. The zero-order chi connectivity index (χ0) is 13.1. The highest BCUT2D eigenvalue weighted by Crippen LogP contribution is 2.35. The minimum Gasteiger partial charge on any atom is -0.394 e. The van der Waals surface area contributed by atoms with Gasteiger partial charge in [-0.25, -0.2) is 0 Å². The van der Waals surface area contributed by atoms with Crippen molar-refractivity contribution in [2.45, 2.75) is 34.7 Å². The number of rotatable bonds is 4. The van der Waals surface area contributed by atoms with Crippen LogP contribution in [0.25, 0.3) is 0 Å². The fraction of sp³-hybridized carbons (Fsp3) is 0.500. The van der Waals surface area contributed by atoms with Gasteiger partial charge < -0.3 is 25.2 Å². The lowest BCUT2D eigenvalue weighted by atomic mass is 10.1. The molecule has 0 unspecified atom stereocenters. The standard InChI is InChI=1S/C12H16O5S/c13-6-8(14)11-9(15)10(16)12(17-11)18-7-4-2-1-3-5-7/h1-5,8-16H,6H2/t8-,9+,10+,11+,12-/m0/s1. The van der Waals surface area contributed by atoms with Gasteiger partial charge >= 0.3 is 0 Å². The summed E-state index contributed by atoms with van der Waals surface area (Å²) in [6, 6.07) is 9.33. The third-order valence-electron chi connectivity index (χ3n) is 2.82. The first-order valence-corrected chi connectivity index (χ1v) is 6.53. The molecule has 0 aromatic heterocycles. The fourth-order valence-corrected chi connectivity index (χ4v) is 2.89. The second-order valence-electron chi connectivity index (χ2n) is 4.13. The van der Waals surface area contributed by atoms with E-state index in [-0.39, 0.29) is 0 Å². The molecule has 1 aliphatic heterocycles. The van der Waals surface area contributed by atoms with Crippen molar-refractivity contribution in [2.75, 3.05) is 6.61 Å². The lowest BCUT2D eigenvalue weighted by molar-refractivity contribution is -0.0713. The van der Waals surface area contributed by atoms with Gasteiger partial charge in [0.1, 0.15) is 29.9 Å². The Labute approximate surface area is 109 Å². The molecule has 0 radical (unpaired) electrons. The van der Waals surface area contributed by atoms with Gasteiger partial charge in [-0.3, -0.25) is 0 Å². The van der Waals surface area contributed by atoms with Crippen LogP contribution in [0.3, 0.4) is 0 Å². The van der Waals surface area contributed by atoms with Crippen molar-refractivity contribution in [1.29, 1.82) is 0 Å². The van der Waals surface area contributed by atoms with Gasteiger partial charge in [0.05, 0.1) is 6.61 Å². The van der Waals surface area contributed by atoms with Crippen molar-refractivity contribution in [3.05, 3.63) is 30.3 Å². The number of aliphatic hydroxyl groups excluding tert-OH is 4. The third kappa shape index (κ3) is 2.85. The monoisotopic (exact) mass is 272 g/mol. The number of ether oxygens (including phenoxy) is 1. The van der Waals surface area contributed by atoms with E-state index < -0.39 is 36.5 Å². The van der Waals surface area contributed by atoms with Crippen molar-refractivity contribution in [3.63, 3.8) is 0 Å². The van der Waals surface area contributed by atoms with Crippen LogP contribution in [0.2, 0.25) is 0 Å². The first-order chi connectivity index (χ1) is 8.63. The Kier molecular flexibility index (Phi) is 4.60. The smallest absolute Gasteiger partial charge is 0.136 e. The summed E-state index contributed by atoms with van der Waals surface area (Å²) in [7, 11) is 0. The van der Waals surface area contributed by atoms with Crippen LogP contribution >= 0.6 is 11.8 Å². The minimum absolute atomic E-state index is 0.517. The van der Waals surface area contributed by atoms with E-state index in [1.165, 1.54) is 11.8 Å². The first-order valence-electron chi connectivity index (χ1n) is 5.65. The molecule has 1 heterocycles. The molecule has 4 N–H and O–H groups in total. The van der Waals surface area contributed by atoms with Crippen molar-refractivity contribution in [2.24, 2.45) is 0 Å². The molecule has 18 heavy (non-hydrogen) atoms. The van der Waals surface area contributed by atoms with E-state index in [2.05, 4.69) is 0 Å². The second-order valence-corrected chi connectivity index (χ2v) is 5.30. The van der Waals surface area contributed by atoms with Crippen molar-refractivity contribution in [3.8, 4) is 0 Å².